The quantitative estimate of drug-likeness (QED) is 0.109. The Kier molecular flexibility index (Phi) is 26.5. The Labute approximate surface area is 212 Å². The molecule has 0 aliphatic rings. The van der Waals surface area contributed by atoms with Gasteiger partial charge in [0.15, 0.2) is 0 Å². The maximum Gasteiger partial charge on any atom is -0.00187 e. The zero-order chi connectivity index (χ0) is 24.4. The van der Waals surface area contributed by atoms with Gasteiger partial charge in [-0.15, -0.1) is 0 Å². The van der Waals surface area contributed by atoms with Crippen molar-refractivity contribution in [3.63, 3.8) is 0 Å². The van der Waals surface area contributed by atoms with Gasteiger partial charge in [0.05, 0.1) is 0 Å². The Bertz CT molecular complexity index is 322. The SMILES string of the molecule is CCCCCCCCN(CCCCCCCCCC(C)C)CCCCCCCCCC(C)C. The highest BCUT2D eigenvalue weighted by Crippen LogP contribution is 2.14. The van der Waals surface area contributed by atoms with E-state index in [0.29, 0.717) is 0 Å². The lowest BCUT2D eigenvalue weighted by molar-refractivity contribution is 0.254. The largest absolute Gasteiger partial charge is 0.303 e. The van der Waals surface area contributed by atoms with Crippen LogP contribution in [0.15, 0.2) is 0 Å². The molecule has 0 bridgehead atoms. The summed E-state index contributed by atoms with van der Waals surface area (Å²) in [5, 5.41) is 0. The van der Waals surface area contributed by atoms with Crippen molar-refractivity contribution in [1.29, 1.82) is 0 Å². The Morgan fingerprint density at radius 1 is 0.364 bits per heavy atom. The van der Waals surface area contributed by atoms with E-state index in [9.17, 15) is 0 Å². The Morgan fingerprint density at radius 3 is 0.939 bits per heavy atom. The molecule has 0 aromatic carbocycles. The molecular formula is C32H67N. The molecule has 0 N–H and O–H groups in total. The number of hydrogen-bond donors (Lipinski definition) is 0. The van der Waals surface area contributed by atoms with E-state index in [1.165, 1.54) is 161 Å². The summed E-state index contributed by atoms with van der Waals surface area (Å²) in [6.07, 6.45) is 31.8. The van der Waals surface area contributed by atoms with E-state index in [-0.39, 0.29) is 0 Å². The zero-order valence-electron chi connectivity index (χ0n) is 24.3. The Hall–Kier alpha value is -0.0400. The van der Waals surface area contributed by atoms with Crippen molar-refractivity contribution < 1.29 is 0 Å². The Balaban J connectivity index is 3.83. The van der Waals surface area contributed by atoms with E-state index < -0.39 is 0 Å². The van der Waals surface area contributed by atoms with Gasteiger partial charge in [0.25, 0.3) is 0 Å². The average Bonchev–Trinajstić information content (AvgIpc) is 2.78. The molecule has 0 atom stereocenters. The van der Waals surface area contributed by atoms with Gasteiger partial charge in [-0.2, -0.15) is 0 Å². The van der Waals surface area contributed by atoms with Crippen molar-refractivity contribution in [2.45, 2.75) is 176 Å². The second-order valence-electron chi connectivity index (χ2n) is 11.9. The van der Waals surface area contributed by atoms with Crippen molar-refractivity contribution in [3.8, 4) is 0 Å². The van der Waals surface area contributed by atoms with Gasteiger partial charge in [0.2, 0.25) is 0 Å². The zero-order valence-corrected chi connectivity index (χ0v) is 24.3. The lowest BCUT2D eigenvalue weighted by Crippen LogP contribution is -2.27. The topological polar surface area (TPSA) is 3.24 Å². The van der Waals surface area contributed by atoms with Crippen LogP contribution >= 0.6 is 0 Å². The fraction of sp³-hybridized carbons (Fsp3) is 1.00. The highest BCUT2D eigenvalue weighted by atomic mass is 15.1. The summed E-state index contributed by atoms with van der Waals surface area (Å²) in [5.41, 5.74) is 0. The van der Waals surface area contributed by atoms with Crippen molar-refractivity contribution >= 4 is 0 Å². The summed E-state index contributed by atoms with van der Waals surface area (Å²) in [6.45, 7) is 15.8. The summed E-state index contributed by atoms with van der Waals surface area (Å²) >= 11 is 0. The predicted octanol–water partition coefficient (Wildman–Crippen LogP) is 11.2. The molecule has 0 spiro atoms. The van der Waals surface area contributed by atoms with Crippen LogP contribution in [0.1, 0.15) is 176 Å². The first kappa shape index (κ1) is 33.0. The molecular weight excluding hydrogens is 398 g/mol. The molecule has 200 valence electrons. The molecule has 1 heteroatoms. The first-order chi connectivity index (χ1) is 16.1. The third-order valence-electron chi connectivity index (χ3n) is 7.34. The summed E-state index contributed by atoms with van der Waals surface area (Å²) in [6, 6.07) is 0. The molecule has 0 aliphatic heterocycles. The van der Waals surface area contributed by atoms with Crippen LogP contribution in [0, 0.1) is 11.8 Å². The molecule has 0 fully saturated rings. The molecule has 0 saturated carbocycles. The van der Waals surface area contributed by atoms with E-state index in [0.717, 1.165) is 11.8 Å². The maximum atomic E-state index is 2.82. The van der Waals surface area contributed by atoms with Gasteiger partial charge in [0.1, 0.15) is 0 Å². The van der Waals surface area contributed by atoms with Gasteiger partial charge < -0.3 is 4.90 Å². The van der Waals surface area contributed by atoms with E-state index in [2.05, 4.69) is 39.5 Å². The summed E-state index contributed by atoms with van der Waals surface area (Å²) in [7, 11) is 0. The smallest absolute Gasteiger partial charge is 0.00187 e. The molecule has 0 heterocycles. The van der Waals surface area contributed by atoms with E-state index in [1.54, 1.807) is 0 Å². The molecule has 33 heavy (non-hydrogen) atoms. The summed E-state index contributed by atoms with van der Waals surface area (Å²) in [5.74, 6) is 1.77. The van der Waals surface area contributed by atoms with Gasteiger partial charge in [-0.25, -0.2) is 0 Å². The second-order valence-corrected chi connectivity index (χ2v) is 11.9. The number of rotatable bonds is 27. The summed E-state index contributed by atoms with van der Waals surface area (Å²) in [4.78, 5) is 2.82. The van der Waals surface area contributed by atoms with Crippen molar-refractivity contribution in [1.82, 2.24) is 4.90 Å². The third-order valence-corrected chi connectivity index (χ3v) is 7.34. The highest BCUT2D eigenvalue weighted by molar-refractivity contribution is 4.61. The van der Waals surface area contributed by atoms with Crippen LogP contribution in [-0.2, 0) is 0 Å². The molecule has 1 nitrogen and oxygen atoms in total. The first-order valence-corrected chi connectivity index (χ1v) is 15.8. The maximum absolute atomic E-state index is 2.82. The van der Waals surface area contributed by atoms with Crippen LogP contribution in [0.2, 0.25) is 0 Å². The van der Waals surface area contributed by atoms with E-state index >= 15 is 0 Å². The molecule has 0 saturated heterocycles. The normalized spacial score (nSPS) is 12.0. The van der Waals surface area contributed by atoms with Crippen LogP contribution in [-0.4, -0.2) is 24.5 Å². The van der Waals surface area contributed by atoms with E-state index in [4.69, 9.17) is 0 Å². The molecule has 0 aliphatic carbocycles. The van der Waals surface area contributed by atoms with Crippen LogP contribution in [0.5, 0.6) is 0 Å². The van der Waals surface area contributed by atoms with Gasteiger partial charge in [-0.1, -0.05) is 157 Å². The van der Waals surface area contributed by atoms with E-state index in [1.807, 2.05) is 0 Å². The average molecular weight is 466 g/mol. The lowest BCUT2D eigenvalue weighted by Gasteiger charge is -2.22. The van der Waals surface area contributed by atoms with Crippen molar-refractivity contribution in [3.05, 3.63) is 0 Å². The number of nitrogens with zero attached hydrogens (tertiary/aromatic N) is 1. The molecule has 0 rings (SSSR count). The first-order valence-electron chi connectivity index (χ1n) is 15.8. The monoisotopic (exact) mass is 466 g/mol. The highest BCUT2D eigenvalue weighted by Gasteiger charge is 2.05. The lowest BCUT2D eigenvalue weighted by atomic mass is 10.0. The van der Waals surface area contributed by atoms with Crippen molar-refractivity contribution in [2.24, 2.45) is 11.8 Å². The molecule has 0 amide bonds. The minimum Gasteiger partial charge on any atom is -0.303 e. The van der Waals surface area contributed by atoms with Crippen LogP contribution in [0.3, 0.4) is 0 Å². The van der Waals surface area contributed by atoms with Gasteiger partial charge >= 0.3 is 0 Å². The molecule has 0 aromatic rings. The standard InChI is InChI=1S/C32H67N/c1-6-7-8-9-18-23-28-33(29-24-19-14-10-12-16-21-26-31(2)3)30-25-20-15-11-13-17-22-27-32(4)5/h31-32H,6-30H2,1-5H3. The van der Waals surface area contributed by atoms with Crippen LogP contribution in [0.25, 0.3) is 0 Å². The van der Waals surface area contributed by atoms with Gasteiger partial charge in [-0.3, -0.25) is 0 Å². The number of hydrogen-bond acceptors (Lipinski definition) is 1. The molecule has 0 radical (unpaired) electrons. The van der Waals surface area contributed by atoms with Crippen LogP contribution < -0.4 is 0 Å². The molecule has 0 unspecified atom stereocenters. The van der Waals surface area contributed by atoms with Crippen LogP contribution in [0.4, 0.5) is 0 Å². The minimum absolute atomic E-state index is 0.886. The second kappa shape index (κ2) is 26.6. The Morgan fingerprint density at radius 2 is 0.636 bits per heavy atom. The van der Waals surface area contributed by atoms with Gasteiger partial charge in [-0.05, 0) is 50.7 Å². The fourth-order valence-corrected chi connectivity index (χ4v) is 4.99. The number of unbranched alkanes of at least 4 members (excludes halogenated alkanes) is 17. The van der Waals surface area contributed by atoms with Gasteiger partial charge in [0, 0.05) is 0 Å². The third kappa shape index (κ3) is 28.1. The predicted molar refractivity (Wildman–Crippen MR) is 153 cm³/mol. The fourth-order valence-electron chi connectivity index (χ4n) is 4.99. The molecule has 0 aromatic heterocycles. The van der Waals surface area contributed by atoms with Crippen molar-refractivity contribution in [2.75, 3.05) is 19.6 Å². The minimum atomic E-state index is 0.886. The summed E-state index contributed by atoms with van der Waals surface area (Å²) < 4.78 is 0.